The molecule has 3 heteroatoms. The molecule has 1 aliphatic rings. The van der Waals surface area contributed by atoms with Crippen molar-refractivity contribution in [2.45, 2.75) is 24.7 Å². The molecule has 2 unspecified atom stereocenters. The molecule has 118 valence electrons. The molecule has 0 fully saturated rings. The molecule has 0 aromatic heterocycles. The molecular weight excluding hydrogens is 284 g/mol. The van der Waals surface area contributed by atoms with Gasteiger partial charge in [-0.25, -0.2) is 0 Å². The van der Waals surface area contributed by atoms with Crippen LogP contribution in [0, 0.1) is 0 Å². The van der Waals surface area contributed by atoms with E-state index in [0.29, 0.717) is 18.7 Å². The molecule has 4 N–H and O–H groups in total. The second-order valence-electron chi connectivity index (χ2n) is 5.90. The zero-order valence-electron chi connectivity index (χ0n) is 13.1. The Morgan fingerprint density at radius 2 is 1.52 bits per heavy atom. The average molecular weight is 306 g/mol. The molecule has 2 aromatic rings. The molecule has 0 aliphatic heterocycles. The van der Waals surface area contributed by atoms with Crippen LogP contribution >= 0.6 is 0 Å². The molecule has 0 spiro atoms. The summed E-state index contributed by atoms with van der Waals surface area (Å²) in [4.78, 5) is 0. The highest BCUT2D eigenvalue weighted by molar-refractivity contribution is 5.33. The maximum atomic E-state index is 6.40. The van der Waals surface area contributed by atoms with E-state index in [4.69, 9.17) is 16.2 Å². The zero-order chi connectivity index (χ0) is 16.1. The third-order valence-corrected chi connectivity index (χ3v) is 4.23. The van der Waals surface area contributed by atoms with Crippen LogP contribution in [0.2, 0.25) is 0 Å². The van der Waals surface area contributed by atoms with Gasteiger partial charge >= 0.3 is 0 Å². The van der Waals surface area contributed by atoms with E-state index >= 15 is 0 Å². The van der Waals surface area contributed by atoms with Crippen molar-refractivity contribution in [1.29, 1.82) is 0 Å². The first-order valence-corrected chi connectivity index (χ1v) is 7.82. The Hall–Kier alpha value is -2.36. The van der Waals surface area contributed by atoms with Gasteiger partial charge < -0.3 is 16.2 Å². The fraction of sp³-hybridized carbons (Fsp3) is 0.200. The first-order chi connectivity index (χ1) is 11.2. The molecule has 0 amide bonds. The second kappa shape index (κ2) is 6.82. The maximum absolute atomic E-state index is 6.40. The fourth-order valence-electron chi connectivity index (χ4n) is 2.88. The number of allylic oxidation sites excluding steroid dienone is 2. The number of nitrogens with two attached hydrogens (primary N) is 2. The first kappa shape index (κ1) is 15.5. The predicted octanol–water partition coefficient (Wildman–Crippen LogP) is 2.92. The standard InChI is InChI=1S/C20H22N2O/c21-18-12-7-13-20(19(18)22,14-16-8-3-1-4-9-16)23-15-17-10-5-2-6-11-17/h1-13,19H,14-15,21-22H2. The van der Waals surface area contributed by atoms with Crippen molar-refractivity contribution in [3.05, 3.63) is 95.7 Å². The summed E-state index contributed by atoms with van der Waals surface area (Å²) in [6, 6.07) is 20.0. The average Bonchev–Trinajstić information content (AvgIpc) is 2.59. The van der Waals surface area contributed by atoms with Crippen molar-refractivity contribution < 1.29 is 4.74 Å². The Morgan fingerprint density at radius 1 is 0.913 bits per heavy atom. The van der Waals surface area contributed by atoms with Gasteiger partial charge in [-0.2, -0.15) is 0 Å². The van der Waals surface area contributed by atoms with E-state index < -0.39 is 5.60 Å². The molecule has 2 atom stereocenters. The van der Waals surface area contributed by atoms with E-state index in [9.17, 15) is 0 Å². The van der Waals surface area contributed by atoms with Crippen LogP contribution in [0.15, 0.2) is 84.6 Å². The lowest BCUT2D eigenvalue weighted by Crippen LogP contribution is -2.54. The number of hydrogen-bond donors (Lipinski definition) is 2. The zero-order valence-corrected chi connectivity index (χ0v) is 13.1. The minimum absolute atomic E-state index is 0.364. The molecule has 23 heavy (non-hydrogen) atoms. The summed E-state index contributed by atoms with van der Waals surface area (Å²) in [6.45, 7) is 0.499. The van der Waals surface area contributed by atoms with E-state index in [1.165, 1.54) is 5.56 Å². The number of ether oxygens (including phenoxy) is 1. The van der Waals surface area contributed by atoms with Crippen LogP contribution in [0.1, 0.15) is 11.1 Å². The summed E-state index contributed by atoms with van der Waals surface area (Å²) in [7, 11) is 0. The Bertz CT molecular complexity index is 694. The molecule has 3 rings (SSSR count). The predicted molar refractivity (Wildman–Crippen MR) is 93.5 cm³/mol. The van der Waals surface area contributed by atoms with Gasteiger partial charge in [0.15, 0.2) is 0 Å². The van der Waals surface area contributed by atoms with Gasteiger partial charge in [0.2, 0.25) is 0 Å². The van der Waals surface area contributed by atoms with E-state index in [0.717, 1.165) is 5.56 Å². The van der Waals surface area contributed by atoms with Crippen molar-refractivity contribution in [1.82, 2.24) is 0 Å². The highest BCUT2D eigenvalue weighted by atomic mass is 16.5. The van der Waals surface area contributed by atoms with Gasteiger partial charge in [0.05, 0.1) is 12.6 Å². The number of benzene rings is 2. The highest BCUT2D eigenvalue weighted by Gasteiger charge is 2.38. The molecule has 0 saturated heterocycles. The second-order valence-corrected chi connectivity index (χ2v) is 5.90. The lowest BCUT2D eigenvalue weighted by molar-refractivity contribution is -0.0317. The van der Waals surface area contributed by atoms with Crippen LogP contribution in [0.4, 0.5) is 0 Å². The molecule has 0 bridgehead atoms. The SMILES string of the molecule is NC1=CC=CC(Cc2ccccc2)(OCc2ccccc2)C1N. The summed E-state index contributed by atoms with van der Waals surface area (Å²) in [5, 5.41) is 0. The van der Waals surface area contributed by atoms with Gasteiger partial charge in [-0.15, -0.1) is 0 Å². The third kappa shape index (κ3) is 3.52. The van der Waals surface area contributed by atoms with Crippen LogP contribution in [0.25, 0.3) is 0 Å². The third-order valence-electron chi connectivity index (χ3n) is 4.23. The quantitative estimate of drug-likeness (QED) is 0.893. The van der Waals surface area contributed by atoms with Gasteiger partial charge in [-0.05, 0) is 17.2 Å². The smallest absolute Gasteiger partial charge is 0.112 e. The Kier molecular flexibility index (Phi) is 4.60. The highest BCUT2D eigenvalue weighted by Crippen LogP contribution is 2.29. The van der Waals surface area contributed by atoms with E-state index in [1.807, 2.05) is 66.8 Å². The van der Waals surface area contributed by atoms with Crippen LogP contribution in [-0.4, -0.2) is 11.6 Å². The summed E-state index contributed by atoms with van der Waals surface area (Å²) < 4.78 is 6.31. The van der Waals surface area contributed by atoms with Gasteiger partial charge in [0, 0.05) is 12.1 Å². The van der Waals surface area contributed by atoms with E-state index in [-0.39, 0.29) is 6.04 Å². The summed E-state index contributed by atoms with van der Waals surface area (Å²) in [6.07, 6.45) is 6.50. The van der Waals surface area contributed by atoms with Gasteiger partial charge in [0.1, 0.15) is 5.60 Å². The van der Waals surface area contributed by atoms with Gasteiger partial charge in [-0.1, -0.05) is 72.8 Å². The minimum Gasteiger partial charge on any atom is -0.401 e. The molecule has 0 saturated carbocycles. The Morgan fingerprint density at radius 3 is 2.17 bits per heavy atom. The number of hydrogen-bond acceptors (Lipinski definition) is 3. The molecule has 2 aromatic carbocycles. The largest absolute Gasteiger partial charge is 0.401 e. The van der Waals surface area contributed by atoms with Crippen LogP contribution in [0.3, 0.4) is 0 Å². The summed E-state index contributed by atoms with van der Waals surface area (Å²) in [5.74, 6) is 0. The van der Waals surface area contributed by atoms with Crippen LogP contribution in [0.5, 0.6) is 0 Å². The molecule has 0 radical (unpaired) electrons. The van der Waals surface area contributed by atoms with Crippen LogP contribution in [-0.2, 0) is 17.8 Å². The summed E-state index contributed by atoms with van der Waals surface area (Å²) >= 11 is 0. The van der Waals surface area contributed by atoms with Crippen LogP contribution < -0.4 is 11.5 Å². The molecule has 0 heterocycles. The maximum Gasteiger partial charge on any atom is 0.112 e. The fourth-order valence-corrected chi connectivity index (χ4v) is 2.88. The van der Waals surface area contributed by atoms with Crippen molar-refractivity contribution in [2.24, 2.45) is 11.5 Å². The Balaban J connectivity index is 1.85. The molecule has 1 aliphatic carbocycles. The van der Waals surface area contributed by atoms with Crippen molar-refractivity contribution in [2.75, 3.05) is 0 Å². The molecule has 3 nitrogen and oxygen atoms in total. The molecular formula is C20H22N2O. The van der Waals surface area contributed by atoms with Gasteiger partial charge in [-0.3, -0.25) is 0 Å². The van der Waals surface area contributed by atoms with Crippen molar-refractivity contribution >= 4 is 0 Å². The topological polar surface area (TPSA) is 61.3 Å². The minimum atomic E-state index is -0.629. The lowest BCUT2D eigenvalue weighted by Gasteiger charge is -2.38. The lowest BCUT2D eigenvalue weighted by atomic mass is 9.82. The van der Waals surface area contributed by atoms with Gasteiger partial charge in [0.25, 0.3) is 0 Å². The van der Waals surface area contributed by atoms with Crippen molar-refractivity contribution in [3.8, 4) is 0 Å². The van der Waals surface area contributed by atoms with E-state index in [2.05, 4.69) is 12.1 Å². The summed E-state index contributed by atoms with van der Waals surface area (Å²) in [5.41, 5.74) is 14.8. The number of rotatable bonds is 5. The first-order valence-electron chi connectivity index (χ1n) is 7.82. The van der Waals surface area contributed by atoms with Crippen molar-refractivity contribution in [3.63, 3.8) is 0 Å². The van der Waals surface area contributed by atoms with E-state index in [1.54, 1.807) is 0 Å². The normalized spacial score (nSPS) is 23.5. The monoisotopic (exact) mass is 306 g/mol. The Labute approximate surface area is 137 Å².